The van der Waals surface area contributed by atoms with Gasteiger partial charge in [0.2, 0.25) is 0 Å². The lowest BCUT2D eigenvalue weighted by molar-refractivity contribution is 0.0713. The minimum absolute atomic E-state index is 0.0141. The molecule has 0 spiro atoms. The van der Waals surface area contributed by atoms with Crippen molar-refractivity contribution < 1.29 is 13.9 Å². The molecule has 8 heteroatoms. The minimum atomic E-state index is -0.478. The average molecular weight is 498 g/mol. The zero-order valence-corrected chi connectivity index (χ0v) is 22.1. The molecule has 1 N–H and O–H groups in total. The quantitative estimate of drug-likeness (QED) is 0.482. The Bertz CT molecular complexity index is 1030. The van der Waals surface area contributed by atoms with Crippen molar-refractivity contribution in [2.75, 3.05) is 37.6 Å². The third-order valence-electron chi connectivity index (χ3n) is 7.43. The van der Waals surface area contributed by atoms with Crippen LogP contribution in [-0.2, 0) is 0 Å². The predicted molar refractivity (Wildman–Crippen MR) is 140 cm³/mol. The number of benzene rings is 1. The summed E-state index contributed by atoms with van der Waals surface area (Å²) in [7, 11) is 0. The third kappa shape index (κ3) is 6.14. The van der Waals surface area contributed by atoms with Gasteiger partial charge in [0.1, 0.15) is 17.9 Å². The number of carbonyl (C=O) groups excluding carboxylic acids is 1. The SMILES string of the molecule is CCN(C(=O)c1cc(F)ccc1Oc1cncnc1N1CC(C)(CNCC2CCCCC2)C1)C(C)C. The van der Waals surface area contributed by atoms with Crippen molar-refractivity contribution in [2.24, 2.45) is 11.3 Å². The van der Waals surface area contributed by atoms with Gasteiger partial charge in [0.05, 0.1) is 11.8 Å². The maximum absolute atomic E-state index is 14.1. The van der Waals surface area contributed by atoms with Crippen LogP contribution in [0.4, 0.5) is 10.2 Å². The molecule has 1 aliphatic carbocycles. The van der Waals surface area contributed by atoms with Crippen molar-refractivity contribution in [3.8, 4) is 11.5 Å². The summed E-state index contributed by atoms with van der Waals surface area (Å²) in [4.78, 5) is 25.7. The lowest BCUT2D eigenvalue weighted by atomic mass is 9.81. The molecule has 1 aromatic carbocycles. The van der Waals surface area contributed by atoms with Crippen molar-refractivity contribution in [3.05, 3.63) is 42.1 Å². The van der Waals surface area contributed by atoms with Crippen molar-refractivity contribution in [1.29, 1.82) is 0 Å². The van der Waals surface area contributed by atoms with Crippen LogP contribution < -0.4 is 15.0 Å². The second-order valence-electron chi connectivity index (χ2n) is 10.9. The first-order valence-corrected chi connectivity index (χ1v) is 13.3. The van der Waals surface area contributed by atoms with E-state index in [1.165, 1.54) is 56.6 Å². The summed E-state index contributed by atoms with van der Waals surface area (Å²) in [5.74, 6) is 1.52. The van der Waals surface area contributed by atoms with E-state index in [-0.39, 0.29) is 22.9 Å². The highest BCUT2D eigenvalue weighted by Gasteiger charge is 2.40. The van der Waals surface area contributed by atoms with Crippen LogP contribution in [0.1, 0.15) is 70.2 Å². The van der Waals surface area contributed by atoms with Crippen molar-refractivity contribution >= 4 is 11.7 Å². The summed E-state index contributed by atoms with van der Waals surface area (Å²) in [6.07, 6.45) is 9.92. The molecule has 1 saturated heterocycles. The van der Waals surface area contributed by atoms with Gasteiger partial charge in [-0.05, 0) is 64.3 Å². The van der Waals surface area contributed by atoms with E-state index in [9.17, 15) is 9.18 Å². The van der Waals surface area contributed by atoms with E-state index >= 15 is 0 Å². The first-order chi connectivity index (χ1) is 17.3. The lowest BCUT2D eigenvalue weighted by Gasteiger charge is -2.49. The van der Waals surface area contributed by atoms with Gasteiger partial charge in [-0.1, -0.05) is 26.2 Å². The first kappa shape index (κ1) is 26.3. The van der Waals surface area contributed by atoms with Crippen LogP contribution >= 0.6 is 0 Å². The Morgan fingerprint density at radius 1 is 1.25 bits per heavy atom. The highest BCUT2D eigenvalue weighted by molar-refractivity contribution is 5.97. The van der Waals surface area contributed by atoms with Crippen molar-refractivity contribution in [2.45, 2.75) is 65.8 Å². The molecular formula is C28H40FN5O2. The Kier molecular flexibility index (Phi) is 8.44. The van der Waals surface area contributed by atoms with Gasteiger partial charge < -0.3 is 19.9 Å². The number of aromatic nitrogens is 2. The van der Waals surface area contributed by atoms with Crippen LogP contribution in [0, 0.1) is 17.2 Å². The number of hydrogen-bond acceptors (Lipinski definition) is 6. The summed E-state index contributed by atoms with van der Waals surface area (Å²) in [5, 5.41) is 3.71. The summed E-state index contributed by atoms with van der Waals surface area (Å²) < 4.78 is 20.3. The Hall–Kier alpha value is -2.74. The Morgan fingerprint density at radius 2 is 2.00 bits per heavy atom. The van der Waals surface area contributed by atoms with Gasteiger partial charge >= 0.3 is 0 Å². The van der Waals surface area contributed by atoms with E-state index in [2.05, 4.69) is 27.1 Å². The van der Waals surface area contributed by atoms with Crippen molar-refractivity contribution in [1.82, 2.24) is 20.2 Å². The van der Waals surface area contributed by atoms with E-state index < -0.39 is 5.82 Å². The van der Waals surface area contributed by atoms with E-state index in [0.29, 0.717) is 23.9 Å². The number of ether oxygens (including phenoxy) is 1. The molecule has 2 aromatic rings. The fourth-order valence-electron chi connectivity index (χ4n) is 5.50. The van der Waals surface area contributed by atoms with E-state index in [4.69, 9.17) is 4.74 Å². The van der Waals surface area contributed by atoms with Crippen LogP contribution in [0.25, 0.3) is 0 Å². The Morgan fingerprint density at radius 3 is 2.69 bits per heavy atom. The molecule has 1 saturated carbocycles. The van der Waals surface area contributed by atoms with Gasteiger partial charge in [-0.25, -0.2) is 14.4 Å². The second kappa shape index (κ2) is 11.5. The van der Waals surface area contributed by atoms with Crippen molar-refractivity contribution in [3.63, 3.8) is 0 Å². The Balaban J connectivity index is 1.43. The molecule has 0 unspecified atom stereocenters. The maximum Gasteiger partial charge on any atom is 0.257 e. The monoisotopic (exact) mass is 497 g/mol. The number of rotatable bonds is 10. The van der Waals surface area contributed by atoms with Crippen LogP contribution in [0.15, 0.2) is 30.7 Å². The molecule has 2 heterocycles. The normalized spacial score (nSPS) is 17.7. The first-order valence-electron chi connectivity index (χ1n) is 13.3. The summed E-state index contributed by atoms with van der Waals surface area (Å²) >= 11 is 0. The van der Waals surface area contributed by atoms with Gasteiger partial charge in [-0.15, -0.1) is 0 Å². The average Bonchev–Trinajstić information content (AvgIpc) is 2.84. The number of hydrogen-bond donors (Lipinski definition) is 1. The molecule has 2 fully saturated rings. The highest BCUT2D eigenvalue weighted by atomic mass is 19.1. The van der Waals surface area contributed by atoms with Crippen LogP contribution in [0.5, 0.6) is 11.5 Å². The van der Waals surface area contributed by atoms with E-state index in [0.717, 1.165) is 32.1 Å². The van der Waals surface area contributed by atoms with Gasteiger partial charge in [0.15, 0.2) is 11.6 Å². The zero-order valence-electron chi connectivity index (χ0n) is 22.1. The highest BCUT2D eigenvalue weighted by Crippen LogP contribution is 2.39. The smallest absolute Gasteiger partial charge is 0.257 e. The molecule has 4 rings (SSSR count). The molecule has 36 heavy (non-hydrogen) atoms. The van der Waals surface area contributed by atoms with Crippen LogP contribution in [0.3, 0.4) is 0 Å². The summed E-state index contributed by atoms with van der Waals surface area (Å²) in [6, 6.07) is 4.04. The molecule has 1 amide bonds. The fraction of sp³-hybridized carbons (Fsp3) is 0.607. The third-order valence-corrected chi connectivity index (χ3v) is 7.43. The van der Waals surface area contributed by atoms with Gasteiger partial charge in [0.25, 0.3) is 5.91 Å². The summed E-state index contributed by atoms with van der Waals surface area (Å²) in [5.41, 5.74) is 0.355. The molecule has 0 radical (unpaired) electrons. The molecule has 196 valence electrons. The van der Waals surface area contributed by atoms with Crippen LogP contribution in [-0.4, -0.2) is 59.5 Å². The molecule has 1 aliphatic heterocycles. The molecule has 2 aliphatic rings. The number of nitrogens with one attached hydrogen (secondary N) is 1. The number of nitrogens with zero attached hydrogens (tertiary/aromatic N) is 4. The Labute approximate surface area is 214 Å². The molecule has 1 aromatic heterocycles. The second-order valence-corrected chi connectivity index (χ2v) is 10.9. The number of anilines is 1. The van der Waals surface area contributed by atoms with Gasteiger partial charge in [-0.2, -0.15) is 0 Å². The fourth-order valence-corrected chi connectivity index (χ4v) is 5.50. The van der Waals surface area contributed by atoms with E-state index in [1.807, 2.05) is 20.8 Å². The number of carbonyl (C=O) groups is 1. The molecule has 0 atom stereocenters. The zero-order chi connectivity index (χ0) is 25.7. The number of halogens is 1. The van der Waals surface area contributed by atoms with E-state index in [1.54, 1.807) is 11.1 Å². The molecular weight excluding hydrogens is 457 g/mol. The largest absolute Gasteiger partial charge is 0.451 e. The minimum Gasteiger partial charge on any atom is -0.451 e. The summed E-state index contributed by atoms with van der Waals surface area (Å²) in [6.45, 7) is 12.4. The van der Waals surface area contributed by atoms with Gasteiger partial charge in [-0.3, -0.25) is 4.79 Å². The standard InChI is InChI=1S/C28H40FN5O2/c1-5-34(20(2)3)27(35)23-13-22(29)11-12-24(23)36-25-15-31-19-32-26(25)33-17-28(4,18-33)16-30-14-21-9-7-6-8-10-21/h11-13,15,19-21,30H,5-10,14,16-18H2,1-4H3. The van der Waals surface area contributed by atoms with Crippen LogP contribution in [0.2, 0.25) is 0 Å². The maximum atomic E-state index is 14.1. The molecule has 7 nitrogen and oxygen atoms in total. The lowest BCUT2D eigenvalue weighted by Crippen LogP contribution is -2.59. The molecule has 0 bridgehead atoms. The number of amides is 1. The predicted octanol–water partition coefficient (Wildman–Crippen LogP) is 5.27. The topological polar surface area (TPSA) is 70.6 Å². The van der Waals surface area contributed by atoms with Gasteiger partial charge in [0, 0.05) is 37.6 Å².